The first-order valence-corrected chi connectivity index (χ1v) is 4.47. The minimum Gasteiger partial charge on any atom is -1.00 e. The van der Waals surface area contributed by atoms with Crippen LogP contribution in [-0.2, 0) is 11.3 Å². The highest BCUT2D eigenvalue weighted by Gasteiger charge is 2.24. The van der Waals surface area contributed by atoms with Gasteiger partial charge in [-0.1, -0.05) is 26.8 Å². The van der Waals surface area contributed by atoms with Crippen LogP contribution in [-0.4, -0.2) is 5.78 Å². The summed E-state index contributed by atoms with van der Waals surface area (Å²) in [5.74, 6) is 0.253. The molecule has 0 N–H and O–H groups in total. The molecule has 78 valence electrons. The van der Waals surface area contributed by atoms with Crippen LogP contribution in [0.4, 0.5) is 0 Å². The maximum atomic E-state index is 11.6. The Morgan fingerprint density at radius 3 is 2.07 bits per heavy atom. The number of aromatic nitrogens is 1. The maximum Gasteiger partial charge on any atom is 0.206 e. The summed E-state index contributed by atoms with van der Waals surface area (Å²) >= 11 is 0. The molecule has 1 aromatic heterocycles. The Kier molecular flexibility index (Phi) is 4.78. The molecule has 0 aliphatic rings. The number of Topliss-reactive ketones (excluding diaryl/α,β-unsaturated/α-hetero) is 1. The third kappa shape index (κ3) is 3.88. The van der Waals surface area contributed by atoms with Crippen molar-refractivity contribution in [2.45, 2.75) is 27.3 Å². The van der Waals surface area contributed by atoms with E-state index >= 15 is 0 Å². The van der Waals surface area contributed by atoms with Crippen LogP contribution < -0.4 is 17.0 Å². The molecule has 2 nitrogen and oxygen atoms in total. The van der Waals surface area contributed by atoms with Crippen molar-refractivity contribution < 1.29 is 21.8 Å². The van der Waals surface area contributed by atoms with Gasteiger partial charge < -0.3 is 12.4 Å². The molecule has 0 unspecified atom stereocenters. The summed E-state index contributed by atoms with van der Waals surface area (Å²) in [6.07, 6.45) is 3.81. The van der Waals surface area contributed by atoms with Gasteiger partial charge in [0.05, 0.1) is 0 Å². The smallest absolute Gasteiger partial charge is 0.206 e. The molecular weight excluding hydrogens is 198 g/mol. The lowest BCUT2D eigenvalue weighted by molar-refractivity contribution is -0.684. The highest BCUT2D eigenvalue weighted by Crippen LogP contribution is 2.13. The monoisotopic (exact) mass is 213 g/mol. The Labute approximate surface area is 91.4 Å². The molecule has 0 fully saturated rings. The van der Waals surface area contributed by atoms with Crippen LogP contribution >= 0.6 is 0 Å². The molecule has 0 amide bonds. The molecule has 0 saturated carbocycles. The lowest BCUT2D eigenvalue weighted by Crippen LogP contribution is -3.00. The fraction of sp³-hybridized carbons (Fsp3) is 0.455. The molecule has 1 aromatic rings. The molecule has 0 spiro atoms. The number of hydrogen-bond acceptors (Lipinski definition) is 1. The molecule has 0 atom stereocenters. The van der Waals surface area contributed by atoms with Gasteiger partial charge in [0.2, 0.25) is 12.3 Å². The number of nitrogens with zero attached hydrogens (tertiary/aromatic N) is 1. The molecule has 0 aromatic carbocycles. The standard InChI is InChI=1S/C11H16NO.ClH/c1-11(2,3)10(13)9-12-7-5-4-6-8-12;/h4-8H,9H2,1-3H3;1H/q+1;/p-1. The fourth-order valence-corrected chi connectivity index (χ4v) is 0.943. The summed E-state index contributed by atoms with van der Waals surface area (Å²) in [5, 5.41) is 0. The second-order valence-corrected chi connectivity index (χ2v) is 4.22. The Bertz CT molecular complexity index is 290. The SMILES string of the molecule is CC(C)(C)C(=O)C[n+]1ccccc1.[Cl-]. The van der Waals surface area contributed by atoms with Crippen molar-refractivity contribution in [1.29, 1.82) is 0 Å². The van der Waals surface area contributed by atoms with E-state index in [0.29, 0.717) is 6.54 Å². The summed E-state index contributed by atoms with van der Waals surface area (Å²) in [7, 11) is 0. The average molecular weight is 214 g/mol. The normalized spacial score (nSPS) is 10.5. The number of rotatable bonds is 2. The van der Waals surface area contributed by atoms with E-state index in [0.717, 1.165) is 0 Å². The lowest BCUT2D eigenvalue weighted by atomic mass is 9.91. The molecule has 1 heterocycles. The zero-order valence-corrected chi connectivity index (χ0v) is 9.58. The van der Waals surface area contributed by atoms with E-state index in [2.05, 4.69) is 0 Å². The van der Waals surface area contributed by atoms with Crippen LogP contribution in [0.2, 0.25) is 0 Å². The van der Waals surface area contributed by atoms with E-state index in [9.17, 15) is 4.79 Å². The van der Waals surface area contributed by atoms with Gasteiger partial charge in [0, 0.05) is 17.5 Å². The number of pyridine rings is 1. The Balaban J connectivity index is 0.00000169. The predicted molar refractivity (Wildman–Crippen MR) is 51.1 cm³/mol. The van der Waals surface area contributed by atoms with Crippen molar-refractivity contribution in [2.75, 3.05) is 0 Å². The first-order valence-electron chi connectivity index (χ1n) is 4.47. The van der Waals surface area contributed by atoms with Gasteiger partial charge in [0.1, 0.15) is 0 Å². The van der Waals surface area contributed by atoms with Crippen molar-refractivity contribution in [3.63, 3.8) is 0 Å². The Morgan fingerprint density at radius 2 is 1.64 bits per heavy atom. The predicted octanol–water partition coefficient (Wildman–Crippen LogP) is -1.41. The van der Waals surface area contributed by atoms with Gasteiger partial charge in [-0.3, -0.25) is 4.79 Å². The highest BCUT2D eigenvalue weighted by molar-refractivity contribution is 5.82. The van der Waals surface area contributed by atoms with Crippen LogP contribution in [0.3, 0.4) is 0 Å². The molecular formula is C11H16ClNO. The second kappa shape index (κ2) is 5.11. The maximum absolute atomic E-state index is 11.6. The lowest BCUT2D eigenvalue weighted by Gasteiger charge is -2.13. The van der Waals surface area contributed by atoms with E-state index in [-0.39, 0.29) is 23.6 Å². The van der Waals surface area contributed by atoms with Crippen molar-refractivity contribution in [3.05, 3.63) is 30.6 Å². The molecule has 0 aliphatic heterocycles. The zero-order valence-electron chi connectivity index (χ0n) is 8.83. The van der Waals surface area contributed by atoms with Crippen LogP contribution in [0.25, 0.3) is 0 Å². The topological polar surface area (TPSA) is 20.9 Å². The molecule has 0 radical (unpaired) electrons. The van der Waals surface area contributed by atoms with Crippen molar-refractivity contribution in [1.82, 2.24) is 0 Å². The van der Waals surface area contributed by atoms with Crippen molar-refractivity contribution in [3.8, 4) is 0 Å². The number of carbonyl (C=O) groups is 1. The fourth-order valence-electron chi connectivity index (χ4n) is 0.943. The Morgan fingerprint density at radius 1 is 1.14 bits per heavy atom. The number of hydrogen-bond donors (Lipinski definition) is 0. The third-order valence-corrected chi connectivity index (χ3v) is 1.94. The van der Waals surface area contributed by atoms with Crippen molar-refractivity contribution in [2.24, 2.45) is 5.41 Å². The van der Waals surface area contributed by atoms with Crippen LogP contribution in [0.5, 0.6) is 0 Å². The van der Waals surface area contributed by atoms with E-state index in [1.54, 1.807) is 0 Å². The first-order chi connectivity index (χ1) is 6.00. The summed E-state index contributed by atoms with van der Waals surface area (Å²) in [5.41, 5.74) is -0.247. The molecule has 14 heavy (non-hydrogen) atoms. The first kappa shape index (κ1) is 13.1. The van der Waals surface area contributed by atoms with Crippen LogP contribution in [0.1, 0.15) is 20.8 Å². The molecule has 1 rings (SSSR count). The van der Waals surface area contributed by atoms with Crippen molar-refractivity contribution >= 4 is 5.78 Å². The van der Waals surface area contributed by atoms with Gasteiger partial charge in [-0.2, -0.15) is 4.57 Å². The summed E-state index contributed by atoms with van der Waals surface area (Å²) < 4.78 is 1.90. The second-order valence-electron chi connectivity index (χ2n) is 4.22. The zero-order chi connectivity index (χ0) is 9.90. The van der Waals surface area contributed by atoms with Gasteiger partial charge in [0.25, 0.3) is 0 Å². The number of halogens is 1. The van der Waals surface area contributed by atoms with Gasteiger partial charge in [0.15, 0.2) is 12.4 Å². The van der Waals surface area contributed by atoms with Gasteiger partial charge in [-0.05, 0) is 0 Å². The van der Waals surface area contributed by atoms with Gasteiger partial charge in [-0.25, -0.2) is 0 Å². The minimum absolute atomic E-state index is 0. The number of carbonyl (C=O) groups excluding carboxylic acids is 1. The van der Waals surface area contributed by atoms with Crippen LogP contribution in [0, 0.1) is 5.41 Å². The third-order valence-electron chi connectivity index (χ3n) is 1.94. The minimum atomic E-state index is -0.247. The largest absolute Gasteiger partial charge is 1.00 e. The molecule has 0 bridgehead atoms. The molecule has 3 heteroatoms. The van der Waals surface area contributed by atoms with E-state index < -0.39 is 0 Å². The summed E-state index contributed by atoms with van der Waals surface area (Å²) in [6, 6.07) is 5.80. The number of ketones is 1. The van der Waals surface area contributed by atoms with E-state index in [1.807, 2.05) is 55.9 Å². The van der Waals surface area contributed by atoms with Gasteiger partial charge in [-0.15, -0.1) is 0 Å². The molecule has 0 saturated heterocycles. The van der Waals surface area contributed by atoms with E-state index in [4.69, 9.17) is 0 Å². The highest BCUT2D eigenvalue weighted by atomic mass is 35.5. The molecule has 0 aliphatic carbocycles. The summed E-state index contributed by atoms with van der Waals surface area (Å²) in [4.78, 5) is 11.6. The van der Waals surface area contributed by atoms with Gasteiger partial charge >= 0.3 is 0 Å². The Hall–Kier alpha value is -0.890. The summed E-state index contributed by atoms with van der Waals surface area (Å²) in [6.45, 7) is 6.29. The van der Waals surface area contributed by atoms with Crippen LogP contribution in [0.15, 0.2) is 30.6 Å². The average Bonchev–Trinajstić information content (AvgIpc) is 2.04. The van der Waals surface area contributed by atoms with E-state index in [1.165, 1.54) is 0 Å². The quantitative estimate of drug-likeness (QED) is 0.554.